The van der Waals surface area contributed by atoms with Crippen LogP contribution in [-0.4, -0.2) is 26.2 Å². The minimum absolute atomic E-state index is 0.600. The Kier molecular flexibility index (Phi) is 3.06. The topological polar surface area (TPSA) is 15.3 Å². The molecule has 0 aliphatic carbocycles. The standard InChI is InChI=1S/C16H24N2/c1-13-3-4-15(14(2)11-13)18-10-7-16(12-18)5-8-17-9-6-16/h3-4,11,17H,5-10,12H2,1-2H3. The molecule has 1 N–H and O–H groups in total. The number of aryl methyl sites for hydroxylation is 2. The number of anilines is 1. The number of hydrogen-bond acceptors (Lipinski definition) is 2. The molecule has 98 valence electrons. The Balaban J connectivity index is 1.78. The number of hydrogen-bond donors (Lipinski definition) is 1. The van der Waals surface area contributed by atoms with Crippen LogP contribution in [0, 0.1) is 19.3 Å². The normalized spacial score (nSPS) is 22.7. The number of nitrogens with zero attached hydrogens (tertiary/aromatic N) is 1. The summed E-state index contributed by atoms with van der Waals surface area (Å²) in [5.74, 6) is 0. The summed E-state index contributed by atoms with van der Waals surface area (Å²) in [5.41, 5.74) is 4.85. The van der Waals surface area contributed by atoms with Crippen LogP contribution < -0.4 is 10.2 Å². The number of piperidine rings is 1. The summed E-state index contributed by atoms with van der Waals surface area (Å²) in [4.78, 5) is 2.61. The molecule has 2 heterocycles. The van der Waals surface area contributed by atoms with Gasteiger partial charge in [0.15, 0.2) is 0 Å². The van der Waals surface area contributed by atoms with Gasteiger partial charge in [-0.15, -0.1) is 0 Å². The minimum atomic E-state index is 0.600. The van der Waals surface area contributed by atoms with E-state index in [9.17, 15) is 0 Å². The monoisotopic (exact) mass is 244 g/mol. The second-order valence-corrected chi connectivity index (χ2v) is 6.21. The molecule has 0 unspecified atom stereocenters. The van der Waals surface area contributed by atoms with E-state index in [4.69, 9.17) is 0 Å². The molecule has 2 saturated heterocycles. The fraction of sp³-hybridized carbons (Fsp3) is 0.625. The minimum Gasteiger partial charge on any atom is -0.371 e. The first-order chi connectivity index (χ1) is 8.69. The lowest BCUT2D eigenvalue weighted by Gasteiger charge is -2.34. The van der Waals surface area contributed by atoms with E-state index in [1.165, 1.54) is 62.3 Å². The largest absolute Gasteiger partial charge is 0.371 e. The van der Waals surface area contributed by atoms with Crippen LogP contribution in [0.2, 0.25) is 0 Å². The Bertz CT molecular complexity index is 433. The van der Waals surface area contributed by atoms with E-state index in [-0.39, 0.29) is 0 Å². The van der Waals surface area contributed by atoms with Crippen molar-refractivity contribution in [3.63, 3.8) is 0 Å². The van der Waals surface area contributed by atoms with Crippen molar-refractivity contribution in [1.82, 2.24) is 5.32 Å². The predicted molar refractivity (Wildman–Crippen MR) is 77.3 cm³/mol. The lowest BCUT2D eigenvalue weighted by molar-refractivity contribution is 0.232. The maximum Gasteiger partial charge on any atom is 0.0396 e. The van der Waals surface area contributed by atoms with Crippen LogP contribution in [0.15, 0.2) is 18.2 Å². The van der Waals surface area contributed by atoms with Crippen molar-refractivity contribution >= 4 is 5.69 Å². The SMILES string of the molecule is Cc1ccc(N2CCC3(CCNCC3)C2)c(C)c1. The quantitative estimate of drug-likeness (QED) is 0.817. The molecule has 2 aliphatic rings. The van der Waals surface area contributed by atoms with Gasteiger partial charge in [0.05, 0.1) is 0 Å². The van der Waals surface area contributed by atoms with E-state index in [1.54, 1.807) is 0 Å². The van der Waals surface area contributed by atoms with Gasteiger partial charge in [-0.25, -0.2) is 0 Å². The first kappa shape index (κ1) is 12.0. The molecule has 0 atom stereocenters. The Morgan fingerprint density at radius 1 is 1.11 bits per heavy atom. The first-order valence-corrected chi connectivity index (χ1v) is 7.22. The van der Waals surface area contributed by atoms with Gasteiger partial charge in [-0.3, -0.25) is 0 Å². The van der Waals surface area contributed by atoms with Crippen LogP contribution in [0.1, 0.15) is 30.4 Å². The van der Waals surface area contributed by atoms with Crippen molar-refractivity contribution in [1.29, 1.82) is 0 Å². The van der Waals surface area contributed by atoms with Gasteiger partial charge in [0.25, 0.3) is 0 Å². The molecule has 0 amide bonds. The Morgan fingerprint density at radius 3 is 2.61 bits per heavy atom. The van der Waals surface area contributed by atoms with Crippen molar-refractivity contribution in [2.75, 3.05) is 31.1 Å². The van der Waals surface area contributed by atoms with E-state index in [0.717, 1.165) is 0 Å². The third-order valence-electron chi connectivity index (χ3n) is 4.80. The van der Waals surface area contributed by atoms with Crippen LogP contribution in [-0.2, 0) is 0 Å². The maximum atomic E-state index is 3.49. The fourth-order valence-corrected chi connectivity index (χ4v) is 3.67. The lowest BCUT2D eigenvalue weighted by atomic mass is 9.78. The summed E-state index contributed by atoms with van der Waals surface area (Å²) < 4.78 is 0. The summed E-state index contributed by atoms with van der Waals surface area (Å²) >= 11 is 0. The van der Waals surface area contributed by atoms with Gasteiger partial charge in [-0.05, 0) is 63.2 Å². The Labute approximate surface area is 110 Å². The van der Waals surface area contributed by atoms with Crippen molar-refractivity contribution in [3.05, 3.63) is 29.3 Å². The molecular formula is C16H24N2. The van der Waals surface area contributed by atoms with Crippen molar-refractivity contribution < 1.29 is 0 Å². The highest BCUT2D eigenvalue weighted by atomic mass is 15.2. The second-order valence-electron chi connectivity index (χ2n) is 6.21. The van der Waals surface area contributed by atoms with Crippen LogP contribution >= 0.6 is 0 Å². The van der Waals surface area contributed by atoms with Gasteiger partial charge in [-0.2, -0.15) is 0 Å². The zero-order valence-electron chi connectivity index (χ0n) is 11.6. The number of benzene rings is 1. The van der Waals surface area contributed by atoms with Crippen molar-refractivity contribution in [2.45, 2.75) is 33.1 Å². The molecule has 1 aromatic carbocycles. The van der Waals surface area contributed by atoms with Crippen LogP contribution in [0.3, 0.4) is 0 Å². The van der Waals surface area contributed by atoms with Crippen molar-refractivity contribution in [3.8, 4) is 0 Å². The van der Waals surface area contributed by atoms with Gasteiger partial charge in [0, 0.05) is 18.8 Å². The highest BCUT2D eigenvalue weighted by molar-refractivity contribution is 5.55. The molecule has 2 nitrogen and oxygen atoms in total. The van der Waals surface area contributed by atoms with Gasteiger partial charge >= 0.3 is 0 Å². The smallest absolute Gasteiger partial charge is 0.0396 e. The summed E-state index contributed by atoms with van der Waals surface area (Å²) in [5, 5.41) is 3.49. The average molecular weight is 244 g/mol. The summed E-state index contributed by atoms with van der Waals surface area (Å²) in [6.07, 6.45) is 4.09. The molecule has 3 rings (SSSR count). The molecule has 0 aromatic heterocycles. The maximum absolute atomic E-state index is 3.49. The van der Waals surface area contributed by atoms with E-state index in [0.29, 0.717) is 5.41 Å². The predicted octanol–water partition coefficient (Wildman–Crippen LogP) is 2.88. The van der Waals surface area contributed by atoms with Crippen molar-refractivity contribution in [2.24, 2.45) is 5.41 Å². The Hall–Kier alpha value is -1.02. The summed E-state index contributed by atoms with van der Waals surface area (Å²) in [6, 6.07) is 6.86. The van der Waals surface area contributed by atoms with Gasteiger partial charge in [-0.1, -0.05) is 17.7 Å². The van der Waals surface area contributed by atoms with E-state index in [1.807, 2.05) is 0 Å². The molecule has 1 aromatic rings. The van der Waals surface area contributed by atoms with Crippen LogP contribution in [0.25, 0.3) is 0 Å². The molecule has 0 radical (unpaired) electrons. The van der Waals surface area contributed by atoms with Crippen LogP contribution in [0.5, 0.6) is 0 Å². The van der Waals surface area contributed by atoms with Gasteiger partial charge in [0.2, 0.25) is 0 Å². The highest BCUT2D eigenvalue weighted by Crippen LogP contribution is 2.41. The Morgan fingerprint density at radius 2 is 1.89 bits per heavy atom. The molecule has 0 saturated carbocycles. The van der Waals surface area contributed by atoms with E-state index in [2.05, 4.69) is 42.3 Å². The molecule has 1 spiro atoms. The van der Waals surface area contributed by atoms with Crippen LogP contribution in [0.4, 0.5) is 5.69 Å². The highest BCUT2D eigenvalue weighted by Gasteiger charge is 2.39. The van der Waals surface area contributed by atoms with Gasteiger partial charge < -0.3 is 10.2 Å². The number of nitrogens with one attached hydrogen (secondary N) is 1. The zero-order chi connectivity index (χ0) is 12.6. The molecule has 2 aliphatic heterocycles. The summed E-state index contributed by atoms with van der Waals surface area (Å²) in [7, 11) is 0. The lowest BCUT2D eigenvalue weighted by Crippen LogP contribution is -2.38. The second kappa shape index (κ2) is 4.58. The molecule has 18 heavy (non-hydrogen) atoms. The van der Waals surface area contributed by atoms with E-state index >= 15 is 0 Å². The third-order valence-corrected chi connectivity index (χ3v) is 4.80. The molecular weight excluding hydrogens is 220 g/mol. The fourth-order valence-electron chi connectivity index (χ4n) is 3.67. The van der Waals surface area contributed by atoms with E-state index < -0.39 is 0 Å². The van der Waals surface area contributed by atoms with Gasteiger partial charge in [0.1, 0.15) is 0 Å². The first-order valence-electron chi connectivity index (χ1n) is 7.22. The molecule has 0 bridgehead atoms. The zero-order valence-corrected chi connectivity index (χ0v) is 11.6. The summed E-state index contributed by atoms with van der Waals surface area (Å²) in [6.45, 7) is 9.34. The molecule has 2 heteroatoms. The third kappa shape index (κ3) is 2.14. The number of rotatable bonds is 1. The molecule has 2 fully saturated rings. The average Bonchev–Trinajstić information content (AvgIpc) is 2.74.